The molecule has 1 aromatic heterocycles. The zero-order chi connectivity index (χ0) is 13.9. The molecular weight excluding hydrogens is 262 g/mol. The van der Waals surface area contributed by atoms with Crippen molar-refractivity contribution in [3.63, 3.8) is 0 Å². The fraction of sp³-hybridized carbons (Fsp3) is 0.308. The Hall–Kier alpha value is -2.57. The molecule has 1 saturated heterocycles. The summed E-state index contributed by atoms with van der Waals surface area (Å²) in [4.78, 5) is 26.6. The Kier molecular flexibility index (Phi) is 3.24. The van der Waals surface area contributed by atoms with Crippen LogP contribution in [0.25, 0.3) is 0 Å². The Morgan fingerprint density at radius 2 is 2.15 bits per heavy atom. The van der Waals surface area contributed by atoms with Crippen molar-refractivity contribution in [1.82, 2.24) is 15.0 Å². The molecule has 1 aliphatic rings. The predicted octanol–water partition coefficient (Wildman–Crippen LogP) is 1.10. The van der Waals surface area contributed by atoms with Crippen LogP contribution >= 0.6 is 0 Å². The second-order valence-electron chi connectivity index (χ2n) is 4.62. The number of likely N-dealkylation sites (tertiary alicyclic amines) is 1. The van der Waals surface area contributed by atoms with Crippen LogP contribution in [-0.4, -0.2) is 34.2 Å². The van der Waals surface area contributed by atoms with Gasteiger partial charge < -0.3 is 9.64 Å². The second-order valence-corrected chi connectivity index (χ2v) is 4.62. The second kappa shape index (κ2) is 5.20. The third kappa shape index (κ3) is 2.56. The Labute approximate surface area is 114 Å². The van der Waals surface area contributed by atoms with E-state index >= 15 is 0 Å². The quantitative estimate of drug-likeness (QED) is 0.906. The summed E-state index contributed by atoms with van der Waals surface area (Å²) in [5.41, 5.74) is 0.943. The van der Waals surface area contributed by atoms with Gasteiger partial charge in [-0.2, -0.15) is 0 Å². The van der Waals surface area contributed by atoms with Crippen LogP contribution in [0.1, 0.15) is 17.3 Å². The van der Waals surface area contributed by atoms with Crippen molar-refractivity contribution >= 4 is 6.09 Å². The number of ether oxygens (including phenoxy) is 1. The van der Waals surface area contributed by atoms with E-state index in [0.717, 1.165) is 5.56 Å². The van der Waals surface area contributed by atoms with Crippen LogP contribution in [0.4, 0.5) is 4.79 Å². The zero-order valence-corrected chi connectivity index (χ0v) is 10.6. The summed E-state index contributed by atoms with van der Waals surface area (Å²) in [5, 5.41) is 3.60. The van der Waals surface area contributed by atoms with E-state index in [4.69, 9.17) is 4.74 Å². The van der Waals surface area contributed by atoms with Gasteiger partial charge in [-0.15, -0.1) is 0 Å². The Bertz CT molecular complexity index is 643. The standard InChI is InChI=1S/C13H13N3O4/c17-12-14-11(15-20-12)10-6-16(7-10)13(18)19-8-9-4-2-1-3-5-9/h1-5,10H,6-8H2,(H,14,15,17). The van der Waals surface area contributed by atoms with Gasteiger partial charge in [-0.25, -0.2) is 9.59 Å². The summed E-state index contributed by atoms with van der Waals surface area (Å²) in [7, 11) is 0. The van der Waals surface area contributed by atoms with Crippen LogP contribution in [0.5, 0.6) is 0 Å². The van der Waals surface area contributed by atoms with Gasteiger partial charge in [0.15, 0.2) is 5.82 Å². The molecule has 0 spiro atoms. The summed E-state index contributed by atoms with van der Waals surface area (Å²) in [6.07, 6.45) is -0.365. The van der Waals surface area contributed by atoms with E-state index in [1.807, 2.05) is 30.3 Å². The Balaban J connectivity index is 1.47. The molecule has 0 saturated carbocycles. The summed E-state index contributed by atoms with van der Waals surface area (Å²) in [6, 6.07) is 9.48. The Morgan fingerprint density at radius 1 is 1.40 bits per heavy atom. The lowest BCUT2D eigenvalue weighted by atomic mass is 10.0. The maximum absolute atomic E-state index is 11.8. The molecule has 1 fully saturated rings. The van der Waals surface area contributed by atoms with Crippen LogP contribution in [0.15, 0.2) is 39.6 Å². The Morgan fingerprint density at radius 3 is 2.80 bits per heavy atom. The number of nitrogens with zero attached hydrogens (tertiary/aromatic N) is 2. The molecule has 0 aliphatic carbocycles. The smallest absolute Gasteiger partial charge is 0.438 e. The first kappa shape index (κ1) is 12.5. The molecule has 1 N–H and O–H groups in total. The average Bonchev–Trinajstić information content (AvgIpc) is 2.82. The molecule has 1 aromatic carbocycles. The molecule has 0 atom stereocenters. The lowest BCUT2D eigenvalue weighted by Crippen LogP contribution is -2.49. The van der Waals surface area contributed by atoms with E-state index in [9.17, 15) is 9.59 Å². The number of amides is 1. The largest absolute Gasteiger partial charge is 0.445 e. The fourth-order valence-corrected chi connectivity index (χ4v) is 2.03. The maximum Gasteiger partial charge on any atom is 0.438 e. The van der Waals surface area contributed by atoms with Crippen LogP contribution < -0.4 is 5.76 Å². The molecule has 7 nitrogen and oxygen atoms in total. The van der Waals surface area contributed by atoms with Crippen molar-refractivity contribution in [3.8, 4) is 0 Å². The molecule has 0 unspecified atom stereocenters. The van der Waals surface area contributed by atoms with Crippen molar-refractivity contribution in [3.05, 3.63) is 52.3 Å². The molecule has 0 radical (unpaired) electrons. The third-order valence-corrected chi connectivity index (χ3v) is 3.19. The van der Waals surface area contributed by atoms with Crippen molar-refractivity contribution in [1.29, 1.82) is 0 Å². The van der Waals surface area contributed by atoms with Crippen LogP contribution in [0.2, 0.25) is 0 Å². The number of rotatable bonds is 3. The predicted molar refractivity (Wildman–Crippen MR) is 68.1 cm³/mol. The summed E-state index contributed by atoms with van der Waals surface area (Å²) >= 11 is 0. The van der Waals surface area contributed by atoms with Crippen molar-refractivity contribution < 1.29 is 14.1 Å². The highest BCUT2D eigenvalue weighted by molar-refractivity contribution is 5.69. The van der Waals surface area contributed by atoms with Crippen LogP contribution in [0.3, 0.4) is 0 Å². The SMILES string of the molecule is O=C(OCc1ccccc1)N1CC(c2noc(=O)[nH]2)C1. The van der Waals surface area contributed by atoms with E-state index in [1.165, 1.54) is 0 Å². The highest BCUT2D eigenvalue weighted by atomic mass is 16.6. The first-order valence-electron chi connectivity index (χ1n) is 6.24. The highest BCUT2D eigenvalue weighted by Gasteiger charge is 2.35. The molecule has 2 aromatic rings. The van der Waals surface area contributed by atoms with Crippen molar-refractivity contribution in [2.75, 3.05) is 13.1 Å². The van der Waals surface area contributed by atoms with Crippen LogP contribution in [0, 0.1) is 0 Å². The topological polar surface area (TPSA) is 88.4 Å². The molecule has 20 heavy (non-hydrogen) atoms. The van der Waals surface area contributed by atoms with Gasteiger partial charge in [0.1, 0.15) is 6.61 Å². The maximum atomic E-state index is 11.8. The number of carbonyl (C=O) groups excluding carboxylic acids is 1. The lowest BCUT2D eigenvalue weighted by Gasteiger charge is -2.36. The van der Waals surface area contributed by atoms with E-state index in [1.54, 1.807) is 4.90 Å². The molecule has 3 rings (SSSR count). The number of hydrogen-bond donors (Lipinski definition) is 1. The number of aromatic amines is 1. The number of H-pyrrole nitrogens is 1. The first-order valence-corrected chi connectivity index (χ1v) is 6.24. The number of carbonyl (C=O) groups is 1. The van der Waals surface area contributed by atoms with Crippen molar-refractivity contribution in [2.45, 2.75) is 12.5 Å². The number of benzene rings is 1. The molecule has 1 amide bonds. The number of nitrogens with one attached hydrogen (secondary N) is 1. The molecule has 2 heterocycles. The minimum atomic E-state index is -0.579. The van der Waals surface area contributed by atoms with Gasteiger partial charge in [-0.1, -0.05) is 35.5 Å². The monoisotopic (exact) mass is 275 g/mol. The van der Waals surface area contributed by atoms with E-state index in [2.05, 4.69) is 14.7 Å². The molecule has 7 heteroatoms. The molecule has 0 bridgehead atoms. The first-order chi connectivity index (χ1) is 9.72. The van der Waals surface area contributed by atoms with Crippen LogP contribution in [-0.2, 0) is 11.3 Å². The average molecular weight is 275 g/mol. The zero-order valence-electron chi connectivity index (χ0n) is 10.6. The minimum Gasteiger partial charge on any atom is -0.445 e. The van der Waals surface area contributed by atoms with Gasteiger partial charge in [0.05, 0.1) is 5.92 Å². The van der Waals surface area contributed by atoms with Gasteiger partial charge in [-0.05, 0) is 5.56 Å². The summed E-state index contributed by atoms with van der Waals surface area (Å²) in [6.45, 7) is 1.19. The fourth-order valence-electron chi connectivity index (χ4n) is 2.03. The molecule has 1 aliphatic heterocycles. The summed E-state index contributed by atoms with van der Waals surface area (Å²) in [5.74, 6) is -0.0991. The number of aromatic nitrogens is 2. The van der Waals surface area contributed by atoms with Gasteiger partial charge in [0, 0.05) is 13.1 Å². The summed E-state index contributed by atoms with van der Waals surface area (Å²) < 4.78 is 9.62. The normalized spacial score (nSPS) is 14.9. The molecular formula is C13H13N3O4. The highest BCUT2D eigenvalue weighted by Crippen LogP contribution is 2.24. The van der Waals surface area contributed by atoms with E-state index in [0.29, 0.717) is 18.9 Å². The molecule has 104 valence electrons. The number of hydrogen-bond acceptors (Lipinski definition) is 5. The van der Waals surface area contributed by atoms with E-state index in [-0.39, 0.29) is 18.6 Å². The minimum absolute atomic E-state index is 0.00530. The third-order valence-electron chi connectivity index (χ3n) is 3.19. The van der Waals surface area contributed by atoms with Gasteiger partial charge in [0.25, 0.3) is 0 Å². The lowest BCUT2D eigenvalue weighted by molar-refractivity contribution is 0.0646. The van der Waals surface area contributed by atoms with Gasteiger partial charge >= 0.3 is 11.8 Å². The van der Waals surface area contributed by atoms with Crippen molar-refractivity contribution in [2.24, 2.45) is 0 Å². The van der Waals surface area contributed by atoms with Gasteiger partial charge in [-0.3, -0.25) is 9.51 Å². The van der Waals surface area contributed by atoms with Gasteiger partial charge in [0.2, 0.25) is 0 Å². The van der Waals surface area contributed by atoms with E-state index < -0.39 is 5.76 Å².